The van der Waals surface area contributed by atoms with Gasteiger partial charge in [-0.05, 0) is 18.8 Å². The summed E-state index contributed by atoms with van der Waals surface area (Å²) in [5.74, 6) is 0.676. The van der Waals surface area contributed by atoms with Crippen molar-refractivity contribution >= 4 is 23.3 Å². The van der Waals surface area contributed by atoms with Crippen molar-refractivity contribution in [2.24, 2.45) is 11.7 Å². The maximum Gasteiger partial charge on any atom is 0.245 e. The van der Waals surface area contributed by atoms with Gasteiger partial charge in [0.25, 0.3) is 0 Å². The van der Waals surface area contributed by atoms with Gasteiger partial charge in [-0.2, -0.15) is 0 Å². The molecule has 0 bridgehead atoms. The normalized spacial score (nSPS) is 27.8. The molecular weight excluding hydrogens is 252 g/mol. The molecule has 1 fully saturated rings. The molecule has 0 spiro atoms. The highest BCUT2D eigenvalue weighted by atomic mass is 35.5. The largest absolute Gasteiger partial charge is 0.317 e. The first kappa shape index (κ1) is 13.2. The van der Waals surface area contributed by atoms with E-state index in [2.05, 4.69) is 22.2 Å². The van der Waals surface area contributed by atoms with Crippen molar-refractivity contribution in [1.29, 1.82) is 0 Å². The number of hydrogen-bond acceptors (Lipinski definition) is 4. The third-order valence-corrected chi connectivity index (χ3v) is 3.57. The van der Waals surface area contributed by atoms with Gasteiger partial charge in [0, 0.05) is 6.07 Å². The highest BCUT2D eigenvalue weighted by molar-refractivity contribution is 6.29. The Labute approximate surface area is 111 Å². The molecule has 1 heterocycles. The molecule has 1 aliphatic carbocycles. The second kappa shape index (κ2) is 5.20. The molecule has 2 rings (SSSR count). The summed E-state index contributed by atoms with van der Waals surface area (Å²) in [6.07, 6.45) is 4.84. The Balaban J connectivity index is 2.07. The highest BCUT2D eigenvalue weighted by Gasteiger charge is 2.38. The van der Waals surface area contributed by atoms with Gasteiger partial charge in [-0.15, -0.1) is 0 Å². The number of rotatable bonds is 2. The summed E-state index contributed by atoms with van der Waals surface area (Å²) < 4.78 is 0. The summed E-state index contributed by atoms with van der Waals surface area (Å²) >= 11 is 5.74. The number of nitrogens with one attached hydrogen (secondary N) is 1. The summed E-state index contributed by atoms with van der Waals surface area (Å²) in [5, 5.41) is 3.01. The first-order valence-electron chi connectivity index (χ1n) is 6.07. The quantitative estimate of drug-likeness (QED) is 0.804. The monoisotopic (exact) mass is 268 g/mol. The van der Waals surface area contributed by atoms with E-state index in [-0.39, 0.29) is 5.91 Å². The fourth-order valence-electron chi connectivity index (χ4n) is 2.44. The van der Waals surface area contributed by atoms with Crippen molar-refractivity contribution < 1.29 is 4.79 Å². The SMILES string of the molecule is CC1CCCC(N)(C(=O)Nc2cc(Cl)ncn2)C1. The molecule has 1 saturated carbocycles. The van der Waals surface area contributed by atoms with Crippen LogP contribution in [0.2, 0.25) is 5.15 Å². The lowest BCUT2D eigenvalue weighted by Crippen LogP contribution is -2.53. The minimum Gasteiger partial charge on any atom is -0.317 e. The van der Waals surface area contributed by atoms with Crippen LogP contribution in [-0.4, -0.2) is 21.4 Å². The molecule has 5 nitrogen and oxygen atoms in total. The van der Waals surface area contributed by atoms with Gasteiger partial charge in [-0.1, -0.05) is 31.4 Å². The van der Waals surface area contributed by atoms with Crippen LogP contribution in [0.15, 0.2) is 12.4 Å². The van der Waals surface area contributed by atoms with Crippen molar-refractivity contribution in [3.05, 3.63) is 17.5 Å². The number of carbonyl (C=O) groups is 1. The van der Waals surface area contributed by atoms with Gasteiger partial charge in [-0.25, -0.2) is 9.97 Å². The summed E-state index contributed by atoms with van der Waals surface area (Å²) in [6.45, 7) is 2.12. The van der Waals surface area contributed by atoms with Crippen LogP contribution < -0.4 is 11.1 Å². The van der Waals surface area contributed by atoms with Crippen LogP contribution in [0, 0.1) is 5.92 Å². The fourth-order valence-corrected chi connectivity index (χ4v) is 2.59. The lowest BCUT2D eigenvalue weighted by molar-refractivity contribution is -0.122. The predicted octanol–water partition coefficient (Wildman–Crippen LogP) is 1.98. The summed E-state index contributed by atoms with van der Waals surface area (Å²) in [5.41, 5.74) is 5.39. The van der Waals surface area contributed by atoms with Crippen LogP contribution >= 0.6 is 11.6 Å². The lowest BCUT2D eigenvalue weighted by atomic mass is 9.76. The van der Waals surface area contributed by atoms with Crippen molar-refractivity contribution in [3.63, 3.8) is 0 Å². The molecule has 1 aromatic heterocycles. The van der Waals surface area contributed by atoms with E-state index in [1.54, 1.807) is 0 Å². The van der Waals surface area contributed by atoms with E-state index in [0.717, 1.165) is 12.8 Å². The minimum atomic E-state index is -0.797. The number of nitrogens with zero attached hydrogens (tertiary/aromatic N) is 2. The molecule has 98 valence electrons. The van der Waals surface area contributed by atoms with E-state index in [0.29, 0.717) is 29.7 Å². The van der Waals surface area contributed by atoms with Crippen LogP contribution in [0.25, 0.3) is 0 Å². The van der Waals surface area contributed by atoms with E-state index < -0.39 is 5.54 Å². The Morgan fingerprint density at radius 3 is 3.06 bits per heavy atom. The molecule has 1 aromatic rings. The van der Waals surface area contributed by atoms with E-state index in [1.807, 2.05) is 0 Å². The van der Waals surface area contributed by atoms with Gasteiger partial charge in [0.05, 0.1) is 5.54 Å². The van der Waals surface area contributed by atoms with Gasteiger partial charge in [0.15, 0.2) is 0 Å². The van der Waals surface area contributed by atoms with Gasteiger partial charge in [-0.3, -0.25) is 4.79 Å². The standard InChI is InChI=1S/C12H17ClN4O/c1-8-3-2-4-12(14,6-8)11(18)17-10-5-9(13)15-7-16-10/h5,7-8H,2-4,6,14H2,1H3,(H,15,16,17,18). The maximum atomic E-state index is 12.2. The van der Waals surface area contributed by atoms with Crippen LogP contribution in [0.1, 0.15) is 32.6 Å². The number of aromatic nitrogens is 2. The molecule has 0 aromatic carbocycles. The first-order valence-corrected chi connectivity index (χ1v) is 6.45. The third-order valence-electron chi connectivity index (χ3n) is 3.36. The van der Waals surface area contributed by atoms with E-state index in [9.17, 15) is 4.79 Å². The maximum absolute atomic E-state index is 12.2. The summed E-state index contributed by atoms with van der Waals surface area (Å²) in [7, 11) is 0. The van der Waals surface area contributed by atoms with Crippen LogP contribution in [-0.2, 0) is 4.79 Å². The Bertz CT molecular complexity index is 453. The molecule has 3 N–H and O–H groups in total. The lowest BCUT2D eigenvalue weighted by Gasteiger charge is -2.35. The fraction of sp³-hybridized carbons (Fsp3) is 0.583. The summed E-state index contributed by atoms with van der Waals surface area (Å²) in [6, 6.07) is 1.51. The molecule has 0 saturated heterocycles. The van der Waals surface area contributed by atoms with Crippen LogP contribution in [0.3, 0.4) is 0 Å². The second-order valence-corrected chi connectivity index (χ2v) is 5.43. The van der Waals surface area contributed by atoms with Gasteiger partial charge >= 0.3 is 0 Å². The molecule has 0 radical (unpaired) electrons. The van der Waals surface area contributed by atoms with Crippen molar-refractivity contribution in [3.8, 4) is 0 Å². The number of amides is 1. The molecule has 18 heavy (non-hydrogen) atoms. The Hall–Kier alpha value is -1.20. The molecular formula is C12H17ClN4O. The number of hydrogen-bond donors (Lipinski definition) is 2. The van der Waals surface area contributed by atoms with Crippen molar-refractivity contribution in [1.82, 2.24) is 9.97 Å². The number of halogens is 1. The smallest absolute Gasteiger partial charge is 0.245 e. The Morgan fingerprint density at radius 1 is 1.61 bits per heavy atom. The zero-order chi connectivity index (χ0) is 13.2. The molecule has 2 unspecified atom stereocenters. The average Bonchev–Trinajstić information content (AvgIpc) is 2.28. The molecule has 1 aliphatic rings. The second-order valence-electron chi connectivity index (χ2n) is 5.04. The zero-order valence-electron chi connectivity index (χ0n) is 10.3. The average molecular weight is 269 g/mol. The molecule has 2 atom stereocenters. The predicted molar refractivity (Wildman–Crippen MR) is 70.2 cm³/mol. The van der Waals surface area contributed by atoms with Gasteiger partial charge in [0.1, 0.15) is 17.3 Å². The zero-order valence-corrected chi connectivity index (χ0v) is 11.1. The molecule has 0 aliphatic heterocycles. The topological polar surface area (TPSA) is 80.9 Å². The van der Waals surface area contributed by atoms with Gasteiger partial charge in [0.2, 0.25) is 5.91 Å². The van der Waals surface area contributed by atoms with Crippen molar-refractivity contribution in [2.45, 2.75) is 38.1 Å². The number of nitrogens with two attached hydrogens (primary N) is 1. The van der Waals surface area contributed by atoms with E-state index >= 15 is 0 Å². The van der Waals surface area contributed by atoms with Gasteiger partial charge < -0.3 is 11.1 Å². The minimum absolute atomic E-state index is 0.191. The van der Waals surface area contributed by atoms with E-state index in [1.165, 1.54) is 12.4 Å². The Kier molecular flexibility index (Phi) is 3.82. The Morgan fingerprint density at radius 2 is 2.39 bits per heavy atom. The molecule has 1 amide bonds. The van der Waals surface area contributed by atoms with Crippen LogP contribution in [0.5, 0.6) is 0 Å². The third kappa shape index (κ3) is 2.97. The number of carbonyl (C=O) groups excluding carboxylic acids is 1. The van der Waals surface area contributed by atoms with E-state index in [4.69, 9.17) is 17.3 Å². The van der Waals surface area contributed by atoms with Crippen LogP contribution in [0.4, 0.5) is 5.82 Å². The molecule has 6 heteroatoms. The number of anilines is 1. The summed E-state index contributed by atoms with van der Waals surface area (Å²) in [4.78, 5) is 19.9. The van der Waals surface area contributed by atoms with Crippen molar-refractivity contribution in [2.75, 3.05) is 5.32 Å². The highest BCUT2D eigenvalue weighted by Crippen LogP contribution is 2.31. The first-order chi connectivity index (χ1) is 8.49.